The molecule has 0 saturated carbocycles. The monoisotopic (exact) mass is 232 g/mol. The molecule has 16 heavy (non-hydrogen) atoms. The normalized spacial score (nSPS) is 10.2. The molecule has 1 aromatic carbocycles. The van der Waals surface area contributed by atoms with Crippen LogP contribution < -0.4 is 5.73 Å². The topological polar surface area (TPSA) is 56.0 Å². The molecule has 0 spiro atoms. The summed E-state index contributed by atoms with van der Waals surface area (Å²) in [4.78, 5) is 10.6. The van der Waals surface area contributed by atoms with Crippen LogP contribution in [0.4, 0.5) is 0 Å². The minimum absolute atomic E-state index is 0.258. The number of rotatable bonds is 4. The summed E-state index contributed by atoms with van der Waals surface area (Å²) in [6.07, 6.45) is 2.96. The minimum atomic E-state index is -0.258. The molecule has 0 fully saturated rings. The van der Waals surface area contributed by atoms with Gasteiger partial charge >= 0.3 is 0 Å². The largest absolute Gasteiger partial charge is 0.370 e. The Labute approximate surface area is 98.1 Å². The van der Waals surface area contributed by atoms with Gasteiger partial charge in [-0.25, -0.2) is 4.37 Å². The zero-order chi connectivity index (χ0) is 11.4. The molecule has 2 N–H and O–H groups in total. The fraction of sp³-hybridized carbons (Fsp3) is 0.167. The van der Waals surface area contributed by atoms with E-state index in [1.54, 1.807) is 0 Å². The molecule has 0 bridgehead atoms. The number of carbonyl (C=O) groups is 1. The second kappa shape index (κ2) is 4.90. The van der Waals surface area contributed by atoms with E-state index in [1.807, 2.05) is 35.8 Å². The molecule has 0 aliphatic rings. The molecule has 2 rings (SSSR count). The number of aryl methyl sites for hydroxylation is 1. The number of carbonyl (C=O) groups excluding carboxylic acids is 1. The van der Waals surface area contributed by atoms with E-state index in [0.717, 1.165) is 16.7 Å². The fourth-order valence-corrected chi connectivity index (χ4v) is 2.02. The van der Waals surface area contributed by atoms with Crippen LogP contribution in [0, 0.1) is 0 Å². The van der Waals surface area contributed by atoms with Crippen LogP contribution in [0.15, 0.2) is 35.8 Å². The summed E-state index contributed by atoms with van der Waals surface area (Å²) in [5.41, 5.74) is 8.51. The van der Waals surface area contributed by atoms with Crippen LogP contribution in [-0.2, 0) is 11.2 Å². The summed E-state index contributed by atoms with van der Waals surface area (Å²) in [7, 11) is 0. The van der Waals surface area contributed by atoms with E-state index in [9.17, 15) is 4.79 Å². The predicted octanol–water partition coefficient (Wildman–Crippen LogP) is 2.23. The summed E-state index contributed by atoms with van der Waals surface area (Å²) in [6.45, 7) is 0. The number of hydrogen-bond acceptors (Lipinski definition) is 3. The Morgan fingerprint density at radius 1 is 1.25 bits per heavy atom. The number of aromatic nitrogens is 1. The van der Waals surface area contributed by atoms with Gasteiger partial charge in [0.15, 0.2) is 0 Å². The van der Waals surface area contributed by atoms with Gasteiger partial charge in [0.2, 0.25) is 5.91 Å². The van der Waals surface area contributed by atoms with Crippen molar-refractivity contribution in [3.05, 3.63) is 41.4 Å². The first kappa shape index (κ1) is 10.8. The van der Waals surface area contributed by atoms with E-state index < -0.39 is 0 Å². The van der Waals surface area contributed by atoms with Crippen LogP contribution in [-0.4, -0.2) is 10.3 Å². The molecule has 0 aliphatic heterocycles. The Kier molecular flexibility index (Phi) is 3.31. The van der Waals surface area contributed by atoms with Gasteiger partial charge in [0.25, 0.3) is 0 Å². The Hall–Kier alpha value is -1.68. The standard InChI is InChI=1S/C12H12N2OS/c13-12(15)6-3-9-1-4-10(5-2-9)11-7-14-16-8-11/h1-2,4-5,7-8H,3,6H2,(H2,13,15). The fourth-order valence-electron chi connectivity index (χ4n) is 1.48. The van der Waals surface area contributed by atoms with Crippen molar-refractivity contribution in [1.29, 1.82) is 0 Å². The summed E-state index contributed by atoms with van der Waals surface area (Å²) in [5.74, 6) is -0.258. The maximum atomic E-state index is 10.6. The predicted molar refractivity (Wildman–Crippen MR) is 65.1 cm³/mol. The SMILES string of the molecule is NC(=O)CCc1ccc(-c2cnsc2)cc1. The van der Waals surface area contributed by atoms with Crippen LogP contribution in [0.2, 0.25) is 0 Å². The molecular weight excluding hydrogens is 220 g/mol. The third-order valence-electron chi connectivity index (χ3n) is 2.38. The Bertz CT molecular complexity index is 462. The van der Waals surface area contributed by atoms with E-state index in [2.05, 4.69) is 4.37 Å². The summed E-state index contributed by atoms with van der Waals surface area (Å²) < 4.78 is 4.06. The molecule has 0 radical (unpaired) electrons. The number of amides is 1. The highest BCUT2D eigenvalue weighted by Crippen LogP contribution is 2.20. The molecule has 0 saturated heterocycles. The maximum absolute atomic E-state index is 10.6. The van der Waals surface area contributed by atoms with Crippen molar-refractivity contribution >= 4 is 17.4 Å². The number of nitrogens with zero attached hydrogens (tertiary/aromatic N) is 1. The minimum Gasteiger partial charge on any atom is -0.370 e. The molecule has 1 aromatic heterocycles. The third kappa shape index (κ3) is 2.67. The number of primary amides is 1. The second-order valence-corrected chi connectivity index (χ2v) is 4.23. The quantitative estimate of drug-likeness (QED) is 0.878. The average Bonchev–Trinajstić information content (AvgIpc) is 2.80. The molecule has 0 aliphatic carbocycles. The number of benzene rings is 1. The molecule has 0 atom stereocenters. The molecule has 3 nitrogen and oxygen atoms in total. The average molecular weight is 232 g/mol. The van der Waals surface area contributed by atoms with Crippen LogP contribution in [0.25, 0.3) is 11.1 Å². The van der Waals surface area contributed by atoms with E-state index in [1.165, 1.54) is 11.5 Å². The zero-order valence-electron chi connectivity index (χ0n) is 8.72. The van der Waals surface area contributed by atoms with Gasteiger partial charge < -0.3 is 5.73 Å². The van der Waals surface area contributed by atoms with Crippen molar-refractivity contribution in [2.24, 2.45) is 5.73 Å². The van der Waals surface area contributed by atoms with Crippen LogP contribution in [0.5, 0.6) is 0 Å². The smallest absolute Gasteiger partial charge is 0.217 e. The first-order valence-electron chi connectivity index (χ1n) is 5.03. The Balaban J connectivity index is 2.08. The summed E-state index contributed by atoms with van der Waals surface area (Å²) in [5, 5.41) is 2.01. The molecule has 1 heterocycles. The van der Waals surface area contributed by atoms with Gasteiger partial charge in [-0.3, -0.25) is 4.79 Å². The van der Waals surface area contributed by atoms with Gasteiger partial charge in [-0.15, -0.1) is 0 Å². The molecule has 2 aromatic rings. The highest BCUT2D eigenvalue weighted by atomic mass is 32.1. The van der Waals surface area contributed by atoms with Crippen LogP contribution in [0.1, 0.15) is 12.0 Å². The first-order valence-corrected chi connectivity index (χ1v) is 5.86. The van der Waals surface area contributed by atoms with Crippen molar-refractivity contribution in [3.8, 4) is 11.1 Å². The molecule has 4 heteroatoms. The lowest BCUT2D eigenvalue weighted by atomic mass is 10.0. The lowest BCUT2D eigenvalue weighted by Gasteiger charge is -2.01. The van der Waals surface area contributed by atoms with Crippen molar-refractivity contribution in [2.45, 2.75) is 12.8 Å². The molecular formula is C12H12N2OS. The van der Waals surface area contributed by atoms with Crippen LogP contribution in [0.3, 0.4) is 0 Å². The van der Waals surface area contributed by atoms with Gasteiger partial charge in [-0.1, -0.05) is 24.3 Å². The Morgan fingerprint density at radius 3 is 2.56 bits per heavy atom. The van der Waals surface area contributed by atoms with Crippen LogP contribution >= 0.6 is 11.5 Å². The number of nitrogens with two attached hydrogens (primary N) is 1. The highest BCUT2D eigenvalue weighted by molar-refractivity contribution is 7.03. The van der Waals surface area contributed by atoms with Gasteiger partial charge in [0, 0.05) is 23.6 Å². The van der Waals surface area contributed by atoms with Gasteiger partial charge in [-0.2, -0.15) is 0 Å². The maximum Gasteiger partial charge on any atom is 0.217 e. The highest BCUT2D eigenvalue weighted by Gasteiger charge is 2.00. The Morgan fingerprint density at radius 2 is 2.00 bits per heavy atom. The lowest BCUT2D eigenvalue weighted by molar-refractivity contribution is -0.117. The number of hydrogen-bond donors (Lipinski definition) is 1. The van der Waals surface area contributed by atoms with Crippen molar-refractivity contribution in [1.82, 2.24) is 4.37 Å². The summed E-state index contributed by atoms with van der Waals surface area (Å²) in [6, 6.07) is 8.13. The zero-order valence-corrected chi connectivity index (χ0v) is 9.54. The molecule has 1 amide bonds. The molecule has 82 valence electrons. The van der Waals surface area contributed by atoms with Gasteiger partial charge in [0.05, 0.1) is 0 Å². The van der Waals surface area contributed by atoms with E-state index in [4.69, 9.17) is 5.73 Å². The van der Waals surface area contributed by atoms with Crippen molar-refractivity contribution in [3.63, 3.8) is 0 Å². The third-order valence-corrected chi connectivity index (χ3v) is 2.97. The lowest BCUT2D eigenvalue weighted by Crippen LogP contribution is -2.11. The van der Waals surface area contributed by atoms with E-state index in [-0.39, 0.29) is 5.91 Å². The molecule has 0 unspecified atom stereocenters. The van der Waals surface area contributed by atoms with Gasteiger partial charge in [0.1, 0.15) is 0 Å². The van der Waals surface area contributed by atoms with E-state index in [0.29, 0.717) is 12.8 Å². The van der Waals surface area contributed by atoms with Crippen molar-refractivity contribution in [2.75, 3.05) is 0 Å². The first-order chi connectivity index (χ1) is 7.75. The van der Waals surface area contributed by atoms with Gasteiger partial charge in [-0.05, 0) is 29.1 Å². The van der Waals surface area contributed by atoms with Crippen molar-refractivity contribution < 1.29 is 4.79 Å². The second-order valence-electron chi connectivity index (χ2n) is 3.58. The van der Waals surface area contributed by atoms with E-state index >= 15 is 0 Å². The summed E-state index contributed by atoms with van der Waals surface area (Å²) >= 11 is 1.44.